The van der Waals surface area contributed by atoms with Crippen LogP contribution >= 0.6 is 11.6 Å². The molecule has 1 heterocycles. The van der Waals surface area contributed by atoms with Crippen molar-refractivity contribution >= 4 is 23.2 Å². The van der Waals surface area contributed by atoms with Gasteiger partial charge in [0.2, 0.25) is 0 Å². The first-order chi connectivity index (χ1) is 15.5. The van der Waals surface area contributed by atoms with Crippen molar-refractivity contribution in [1.82, 2.24) is 9.78 Å². The number of ether oxygens (including phenoxy) is 2. The van der Waals surface area contributed by atoms with Crippen LogP contribution in [0.4, 0.5) is 5.69 Å². The molecule has 162 valence electrons. The number of hydrogen-bond acceptors (Lipinski definition) is 4. The molecule has 1 N–H and O–H groups in total. The molecule has 0 atom stereocenters. The molecule has 1 amide bonds. The number of halogens is 1. The fourth-order valence-corrected chi connectivity index (χ4v) is 3.67. The summed E-state index contributed by atoms with van der Waals surface area (Å²) in [6.45, 7) is 1.99. The SMILES string of the molecule is COc1cc(NC(=O)c2cn(-c3ccccc3)nc2-c2ccccc2C)c(OC)cc1Cl. The Morgan fingerprint density at radius 3 is 2.34 bits per heavy atom. The monoisotopic (exact) mass is 447 g/mol. The van der Waals surface area contributed by atoms with E-state index in [0.29, 0.717) is 33.5 Å². The summed E-state index contributed by atoms with van der Waals surface area (Å²) < 4.78 is 12.4. The van der Waals surface area contributed by atoms with Crippen LogP contribution in [0.15, 0.2) is 72.9 Å². The Bertz CT molecular complexity index is 1270. The number of aromatic nitrogens is 2. The molecule has 0 saturated heterocycles. The van der Waals surface area contributed by atoms with Crippen molar-refractivity contribution in [1.29, 1.82) is 0 Å². The summed E-state index contributed by atoms with van der Waals surface area (Å²) in [5.74, 6) is 0.534. The van der Waals surface area contributed by atoms with Gasteiger partial charge in [-0.3, -0.25) is 4.79 Å². The van der Waals surface area contributed by atoms with Gasteiger partial charge in [0.05, 0.1) is 36.2 Å². The predicted octanol–water partition coefficient (Wildman–Crippen LogP) is 5.77. The van der Waals surface area contributed by atoms with E-state index < -0.39 is 0 Å². The molecule has 0 spiro atoms. The zero-order valence-electron chi connectivity index (χ0n) is 17.9. The minimum Gasteiger partial charge on any atom is -0.495 e. The Hall–Kier alpha value is -3.77. The molecule has 0 fully saturated rings. The van der Waals surface area contributed by atoms with Crippen LogP contribution in [0, 0.1) is 6.92 Å². The van der Waals surface area contributed by atoms with Crippen LogP contribution in [0.1, 0.15) is 15.9 Å². The summed E-state index contributed by atoms with van der Waals surface area (Å²) in [5.41, 5.74) is 4.22. The summed E-state index contributed by atoms with van der Waals surface area (Å²) in [4.78, 5) is 13.4. The number of benzene rings is 3. The average molecular weight is 448 g/mol. The van der Waals surface area contributed by atoms with E-state index in [1.807, 2.05) is 61.5 Å². The summed E-state index contributed by atoms with van der Waals surface area (Å²) in [7, 11) is 3.03. The second-order valence-electron chi connectivity index (χ2n) is 7.13. The molecule has 7 heteroatoms. The Labute approximate surface area is 191 Å². The van der Waals surface area contributed by atoms with E-state index in [4.69, 9.17) is 26.2 Å². The zero-order chi connectivity index (χ0) is 22.7. The maximum absolute atomic E-state index is 13.4. The minimum atomic E-state index is -0.326. The van der Waals surface area contributed by atoms with Crippen molar-refractivity contribution < 1.29 is 14.3 Å². The smallest absolute Gasteiger partial charge is 0.259 e. The van der Waals surface area contributed by atoms with E-state index in [2.05, 4.69) is 5.32 Å². The molecule has 0 radical (unpaired) electrons. The normalized spacial score (nSPS) is 10.6. The third-order valence-corrected chi connectivity index (χ3v) is 5.40. The summed E-state index contributed by atoms with van der Waals surface area (Å²) in [5, 5.41) is 8.05. The van der Waals surface area contributed by atoms with Crippen LogP contribution in [-0.4, -0.2) is 29.9 Å². The van der Waals surface area contributed by atoms with E-state index in [9.17, 15) is 4.79 Å². The maximum Gasteiger partial charge on any atom is 0.259 e. The number of nitrogens with zero attached hydrogens (tertiary/aromatic N) is 2. The van der Waals surface area contributed by atoms with Gasteiger partial charge in [-0.05, 0) is 24.6 Å². The van der Waals surface area contributed by atoms with Crippen LogP contribution in [0.3, 0.4) is 0 Å². The summed E-state index contributed by atoms with van der Waals surface area (Å²) in [6.07, 6.45) is 1.73. The highest BCUT2D eigenvalue weighted by Gasteiger charge is 2.21. The number of carbonyl (C=O) groups is 1. The standard InChI is InChI=1S/C25H22ClN3O3/c1-16-9-7-8-12-18(16)24-19(15-29(28-24)17-10-5-4-6-11-17)25(30)27-21-14-22(31-2)20(26)13-23(21)32-3/h4-15H,1-3H3,(H,27,30). The Balaban J connectivity index is 1.80. The minimum absolute atomic E-state index is 0.326. The van der Waals surface area contributed by atoms with Crippen molar-refractivity contribution in [3.63, 3.8) is 0 Å². The van der Waals surface area contributed by atoms with Crippen LogP contribution in [0.5, 0.6) is 11.5 Å². The molecular weight excluding hydrogens is 426 g/mol. The molecule has 0 aliphatic rings. The maximum atomic E-state index is 13.4. The molecule has 0 unspecified atom stereocenters. The lowest BCUT2D eigenvalue weighted by Gasteiger charge is -2.13. The van der Waals surface area contributed by atoms with Gasteiger partial charge in [0.15, 0.2) is 0 Å². The lowest BCUT2D eigenvalue weighted by molar-refractivity contribution is 0.102. The second kappa shape index (κ2) is 9.16. The van der Waals surface area contributed by atoms with Gasteiger partial charge >= 0.3 is 0 Å². The number of methoxy groups -OCH3 is 2. The van der Waals surface area contributed by atoms with Gasteiger partial charge in [-0.2, -0.15) is 5.10 Å². The van der Waals surface area contributed by atoms with Crippen molar-refractivity contribution in [3.05, 3.63) is 89.1 Å². The molecule has 0 saturated carbocycles. The Morgan fingerprint density at radius 1 is 0.969 bits per heavy atom. The van der Waals surface area contributed by atoms with Crippen LogP contribution in [0.25, 0.3) is 16.9 Å². The molecule has 0 aliphatic heterocycles. The molecule has 1 aromatic heterocycles. The van der Waals surface area contributed by atoms with Crippen LogP contribution in [0.2, 0.25) is 5.02 Å². The van der Waals surface area contributed by atoms with E-state index >= 15 is 0 Å². The highest BCUT2D eigenvalue weighted by atomic mass is 35.5. The quantitative estimate of drug-likeness (QED) is 0.407. The van der Waals surface area contributed by atoms with E-state index in [-0.39, 0.29) is 5.91 Å². The number of amides is 1. The fourth-order valence-electron chi connectivity index (χ4n) is 3.44. The molecular formula is C25H22ClN3O3. The number of anilines is 1. The Morgan fingerprint density at radius 2 is 1.66 bits per heavy atom. The summed E-state index contributed by atoms with van der Waals surface area (Å²) in [6, 6.07) is 20.7. The van der Waals surface area contributed by atoms with Crippen LogP contribution < -0.4 is 14.8 Å². The zero-order valence-corrected chi connectivity index (χ0v) is 18.7. The third-order valence-electron chi connectivity index (χ3n) is 5.10. The van der Waals surface area contributed by atoms with Gasteiger partial charge in [-0.1, -0.05) is 54.1 Å². The molecule has 3 aromatic carbocycles. The number of aryl methyl sites for hydroxylation is 1. The fraction of sp³-hybridized carbons (Fsp3) is 0.120. The molecule has 32 heavy (non-hydrogen) atoms. The lowest BCUT2D eigenvalue weighted by atomic mass is 10.0. The third kappa shape index (κ3) is 4.18. The lowest BCUT2D eigenvalue weighted by Crippen LogP contribution is -2.13. The van der Waals surface area contributed by atoms with Crippen molar-refractivity contribution in [2.24, 2.45) is 0 Å². The van der Waals surface area contributed by atoms with Crippen molar-refractivity contribution in [3.8, 4) is 28.4 Å². The largest absolute Gasteiger partial charge is 0.495 e. The first kappa shape index (κ1) is 21.5. The molecule has 0 bridgehead atoms. The number of nitrogens with one attached hydrogen (secondary N) is 1. The van der Waals surface area contributed by atoms with Gasteiger partial charge in [0, 0.05) is 23.9 Å². The van der Waals surface area contributed by atoms with E-state index in [0.717, 1.165) is 16.8 Å². The first-order valence-corrected chi connectivity index (χ1v) is 10.3. The highest BCUT2D eigenvalue weighted by Crippen LogP contribution is 2.36. The predicted molar refractivity (Wildman–Crippen MR) is 126 cm³/mol. The van der Waals surface area contributed by atoms with Gasteiger partial charge in [0.25, 0.3) is 5.91 Å². The number of rotatable bonds is 6. The van der Waals surface area contributed by atoms with Gasteiger partial charge in [-0.25, -0.2) is 4.68 Å². The highest BCUT2D eigenvalue weighted by molar-refractivity contribution is 6.32. The Kier molecular flexibility index (Phi) is 6.14. The molecule has 6 nitrogen and oxygen atoms in total. The van der Waals surface area contributed by atoms with Crippen molar-refractivity contribution in [2.45, 2.75) is 6.92 Å². The van der Waals surface area contributed by atoms with Gasteiger partial charge < -0.3 is 14.8 Å². The van der Waals surface area contributed by atoms with E-state index in [1.54, 1.807) is 23.0 Å². The van der Waals surface area contributed by atoms with Crippen molar-refractivity contribution in [2.75, 3.05) is 19.5 Å². The molecule has 4 rings (SSSR count). The van der Waals surface area contributed by atoms with Gasteiger partial charge in [-0.15, -0.1) is 0 Å². The first-order valence-electron chi connectivity index (χ1n) is 9.95. The average Bonchev–Trinajstić information content (AvgIpc) is 3.26. The van der Waals surface area contributed by atoms with Gasteiger partial charge in [0.1, 0.15) is 17.2 Å². The number of carbonyl (C=O) groups excluding carboxylic acids is 1. The number of hydrogen-bond donors (Lipinski definition) is 1. The topological polar surface area (TPSA) is 65.4 Å². The van der Waals surface area contributed by atoms with E-state index in [1.165, 1.54) is 14.2 Å². The molecule has 4 aromatic rings. The van der Waals surface area contributed by atoms with Crippen LogP contribution in [-0.2, 0) is 0 Å². The molecule has 0 aliphatic carbocycles. The number of para-hydroxylation sites is 1. The second-order valence-corrected chi connectivity index (χ2v) is 7.53. The summed E-state index contributed by atoms with van der Waals surface area (Å²) >= 11 is 6.20.